The molecule has 0 unspecified atom stereocenters. The van der Waals surface area contributed by atoms with Gasteiger partial charge in [-0.3, -0.25) is 4.79 Å². The molecule has 0 radical (unpaired) electrons. The predicted octanol–water partition coefficient (Wildman–Crippen LogP) is 4.67. The molecule has 5 heteroatoms. The number of hydrogen-bond acceptors (Lipinski definition) is 4. The van der Waals surface area contributed by atoms with Crippen LogP contribution in [0.2, 0.25) is 0 Å². The highest BCUT2D eigenvalue weighted by Gasteiger charge is 2.10. The quantitative estimate of drug-likeness (QED) is 0.756. The summed E-state index contributed by atoms with van der Waals surface area (Å²) in [6.45, 7) is 4.09. The van der Waals surface area contributed by atoms with Crippen molar-refractivity contribution >= 4 is 34.3 Å². The summed E-state index contributed by atoms with van der Waals surface area (Å²) in [7, 11) is 0. The van der Waals surface area contributed by atoms with Gasteiger partial charge in [0.25, 0.3) is 0 Å². The molecule has 0 aliphatic rings. The molecule has 0 atom stereocenters. The van der Waals surface area contributed by atoms with Crippen LogP contribution in [0.3, 0.4) is 0 Å². The fourth-order valence-corrected chi connectivity index (χ4v) is 3.84. The molecule has 0 aliphatic heterocycles. The maximum absolute atomic E-state index is 12.1. The number of amides is 1. The van der Waals surface area contributed by atoms with Crippen molar-refractivity contribution in [2.75, 3.05) is 5.32 Å². The minimum atomic E-state index is -0.0335. The Balaban J connectivity index is 1.66. The van der Waals surface area contributed by atoms with Gasteiger partial charge in [-0.25, -0.2) is 4.98 Å². The molecule has 0 spiro atoms. The first kappa shape index (κ1) is 14.9. The number of nitrogens with one attached hydrogen (secondary N) is 1. The lowest BCUT2D eigenvalue weighted by Crippen LogP contribution is -2.14. The van der Waals surface area contributed by atoms with E-state index in [1.807, 2.05) is 36.6 Å². The predicted molar refractivity (Wildman–Crippen MR) is 93.7 cm³/mol. The summed E-state index contributed by atoms with van der Waals surface area (Å²) in [4.78, 5) is 19.1. The molecule has 112 valence electrons. The summed E-state index contributed by atoms with van der Waals surface area (Å²) >= 11 is 3.25. The summed E-state index contributed by atoms with van der Waals surface area (Å²) in [6, 6.07) is 12.0. The van der Waals surface area contributed by atoms with E-state index in [4.69, 9.17) is 0 Å². The molecule has 2 heterocycles. The number of thiazole rings is 1. The SMILES string of the molecule is Cc1cccc(NC(=O)Cc2nc(-c3ccc(C)s3)cs2)c1. The normalized spacial score (nSPS) is 10.6. The Bertz CT molecular complexity index is 804. The van der Waals surface area contributed by atoms with Crippen molar-refractivity contribution in [1.82, 2.24) is 4.98 Å². The summed E-state index contributed by atoms with van der Waals surface area (Å²) < 4.78 is 0. The van der Waals surface area contributed by atoms with Crippen molar-refractivity contribution < 1.29 is 4.79 Å². The standard InChI is InChI=1S/C17H16N2OS2/c1-11-4-3-5-13(8-11)18-16(20)9-17-19-14(10-21-17)15-7-6-12(2)22-15/h3-8,10H,9H2,1-2H3,(H,18,20). The topological polar surface area (TPSA) is 42.0 Å². The molecule has 22 heavy (non-hydrogen) atoms. The number of anilines is 1. The van der Waals surface area contributed by atoms with Gasteiger partial charge in [-0.15, -0.1) is 22.7 Å². The number of thiophene rings is 1. The number of carbonyl (C=O) groups excluding carboxylic acids is 1. The van der Waals surface area contributed by atoms with Crippen LogP contribution in [0.1, 0.15) is 15.4 Å². The average molecular weight is 328 g/mol. The van der Waals surface area contributed by atoms with Gasteiger partial charge < -0.3 is 5.32 Å². The van der Waals surface area contributed by atoms with Crippen molar-refractivity contribution in [1.29, 1.82) is 0 Å². The fourth-order valence-electron chi connectivity index (χ4n) is 2.14. The van der Waals surface area contributed by atoms with Crippen LogP contribution in [0.4, 0.5) is 5.69 Å². The van der Waals surface area contributed by atoms with Crippen LogP contribution in [-0.2, 0) is 11.2 Å². The Hall–Kier alpha value is -1.98. The molecule has 1 N–H and O–H groups in total. The molecule has 3 rings (SSSR count). The Morgan fingerprint density at radius 1 is 1.23 bits per heavy atom. The van der Waals surface area contributed by atoms with Crippen LogP contribution in [0.25, 0.3) is 10.6 Å². The second-order valence-corrected chi connectivity index (χ2v) is 7.36. The second-order valence-electron chi connectivity index (χ2n) is 5.13. The van der Waals surface area contributed by atoms with Gasteiger partial charge in [-0.05, 0) is 43.7 Å². The van der Waals surface area contributed by atoms with E-state index in [2.05, 4.69) is 29.4 Å². The number of hydrogen-bond donors (Lipinski definition) is 1. The lowest BCUT2D eigenvalue weighted by Gasteiger charge is -2.04. The van der Waals surface area contributed by atoms with Crippen LogP contribution in [0.5, 0.6) is 0 Å². The molecular weight excluding hydrogens is 312 g/mol. The van der Waals surface area contributed by atoms with Gasteiger partial charge in [-0.2, -0.15) is 0 Å². The Labute approximate surface area is 137 Å². The third-order valence-electron chi connectivity index (χ3n) is 3.16. The molecule has 3 nitrogen and oxygen atoms in total. The van der Waals surface area contributed by atoms with Gasteiger partial charge in [0.05, 0.1) is 17.0 Å². The van der Waals surface area contributed by atoms with E-state index in [0.29, 0.717) is 6.42 Å². The van der Waals surface area contributed by atoms with E-state index in [0.717, 1.165) is 26.8 Å². The van der Waals surface area contributed by atoms with E-state index in [1.54, 1.807) is 11.3 Å². The van der Waals surface area contributed by atoms with Crippen molar-refractivity contribution in [2.45, 2.75) is 20.3 Å². The summed E-state index contributed by atoms with van der Waals surface area (Å²) in [6.07, 6.45) is 0.308. The number of carbonyl (C=O) groups is 1. The first-order valence-electron chi connectivity index (χ1n) is 6.98. The van der Waals surface area contributed by atoms with E-state index >= 15 is 0 Å². The molecule has 2 aromatic heterocycles. The zero-order valence-electron chi connectivity index (χ0n) is 12.4. The lowest BCUT2D eigenvalue weighted by atomic mass is 10.2. The molecule has 0 fully saturated rings. The van der Waals surface area contributed by atoms with Gasteiger partial charge in [0, 0.05) is 15.9 Å². The smallest absolute Gasteiger partial charge is 0.231 e. The number of aryl methyl sites for hydroxylation is 2. The van der Waals surface area contributed by atoms with E-state index in [-0.39, 0.29) is 5.91 Å². The first-order chi connectivity index (χ1) is 10.6. The number of rotatable bonds is 4. The third-order valence-corrected chi connectivity index (χ3v) is 5.03. The molecular formula is C17H16N2OS2. The van der Waals surface area contributed by atoms with Crippen molar-refractivity contribution in [2.24, 2.45) is 0 Å². The van der Waals surface area contributed by atoms with Gasteiger partial charge in [0.15, 0.2) is 0 Å². The molecule has 0 aliphatic carbocycles. The Morgan fingerprint density at radius 2 is 2.09 bits per heavy atom. The highest BCUT2D eigenvalue weighted by atomic mass is 32.1. The molecule has 0 bridgehead atoms. The average Bonchev–Trinajstić information content (AvgIpc) is 3.07. The second kappa shape index (κ2) is 6.42. The molecule has 3 aromatic rings. The number of benzene rings is 1. The van der Waals surface area contributed by atoms with Crippen LogP contribution < -0.4 is 5.32 Å². The van der Waals surface area contributed by atoms with Crippen LogP contribution in [-0.4, -0.2) is 10.9 Å². The summed E-state index contributed by atoms with van der Waals surface area (Å²) in [5.41, 5.74) is 2.92. The molecule has 0 saturated heterocycles. The Kier molecular flexibility index (Phi) is 4.36. The minimum absolute atomic E-state index is 0.0335. The first-order valence-corrected chi connectivity index (χ1v) is 8.67. The van der Waals surface area contributed by atoms with Crippen LogP contribution in [0, 0.1) is 13.8 Å². The van der Waals surface area contributed by atoms with E-state index in [1.165, 1.54) is 16.2 Å². The van der Waals surface area contributed by atoms with Crippen molar-refractivity contribution in [3.63, 3.8) is 0 Å². The molecule has 0 saturated carbocycles. The summed E-state index contributed by atoms with van der Waals surface area (Å²) in [5, 5.41) is 5.77. The zero-order valence-corrected chi connectivity index (χ0v) is 14.1. The molecule has 1 aromatic carbocycles. The maximum atomic E-state index is 12.1. The number of aromatic nitrogens is 1. The highest BCUT2D eigenvalue weighted by molar-refractivity contribution is 7.16. The zero-order chi connectivity index (χ0) is 15.5. The monoisotopic (exact) mass is 328 g/mol. The highest BCUT2D eigenvalue weighted by Crippen LogP contribution is 2.28. The van der Waals surface area contributed by atoms with Crippen molar-refractivity contribution in [3.8, 4) is 10.6 Å². The molecule has 1 amide bonds. The minimum Gasteiger partial charge on any atom is -0.326 e. The van der Waals surface area contributed by atoms with Gasteiger partial charge in [0.2, 0.25) is 5.91 Å². The number of nitrogens with zero attached hydrogens (tertiary/aromatic N) is 1. The van der Waals surface area contributed by atoms with Crippen LogP contribution >= 0.6 is 22.7 Å². The maximum Gasteiger partial charge on any atom is 0.231 e. The van der Waals surface area contributed by atoms with E-state index in [9.17, 15) is 4.79 Å². The Morgan fingerprint density at radius 3 is 2.82 bits per heavy atom. The van der Waals surface area contributed by atoms with Gasteiger partial charge in [0.1, 0.15) is 5.01 Å². The van der Waals surface area contributed by atoms with Gasteiger partial charge in [-0.1, -0.05) is 12.1 Å². The summed E-state index contributed by atoms with van der Waals surface area (Å²) in [5.74, 6) is -0.0335. The van der Waals surface area contributed by atoms with Crippen LogP contribution in [0.15, 0.2) is 41.8 Å². The lowest BCUT2D eigenvalue weighted by molar-refractivity contribution is -0.115. The largest absolute Gasteiger partial charge is 0.326 e. The van der Waals surface area contributed by atoms with Gasteiger partial charge >= 0.3 is 0 Å². The fraction of sp³-hybridized carbons (Fsp3) is 0.176. The van der Waals surface area contributed by atoms with Crippen molar-refractivity contribution in [3.05, 3.63) is 57.2 Å². The third kappa shape index (κ3) is 3.61. The van der Waals surface area contributed by atoms with E-state index < -0.39 is 0 Å².